The van der Waals surface area contributed by atoms with Crippen LogP contribution in [0, 0.1) is 0 Å². The van der Waals surface area contributed by atoms with Crippen LogP contribution in [0.25, 0.3) is 10.9 Å². The van der Waals surface area contributed by atoms with Crippen LogP contribution in [0.4, 0.5) is 0 Å². The molecule has 0 fully saturated rings. The molecule has 18 heavy (non-hydrogen) atoms. The number of oxime groups is 1. The number of nitrogens with zero attached hydrogens (tertiary/aromatic N) is 2. The summed E-state index contributed by atoms with van der Waals surface area (Å²) >= 11 is 6.05. The second-order valence-corrected chi connectivity index (χ2v) is 5.62. The van der Waals surface area contributed by atoms with Gasteiger partial charge in [-0.25, -0.2) is 4.98 Å². The number of pyridine rings is 1. The van der Waals surface area contributed by atoms with Crippen molar-refractivity contribution in [3.05, 3.63) is 40.5 Å². The van der Waals surface area contributed by atoms with Crippen molar-refractivity contribution in [2.75, 3.05) is 0 Å². The molecule has 1 aromatic heterocycles. The zero-order valence-electron chi connectivity index (χ0n) is 11.6. The van der Waals surface area contributed by atoms with Crippen molar-refractivity contribution in [2.24, 2.45) is 5.16 Å². The van der Waals surface area contributed by atoms with E-state index in [0.717, 1.165) is 10.9 Å². The van der Waals surface area contributed by atoms with Crippen LogP contribution in [0.1, 0.15) is 31.9 Å². The average molecular weight is 264 g/mol. The number of fused-ring (bicyclic) bond motifs is 1. The molecule has 2 aromatic rings. The zero-order chi connectivity index (χ0) is 14.0. The second-order valence-electron chi connectivity index (χ2n) is 5.26. The van der Waals surface area contributed by atoms with Crippen molar-refractivity contribution < 1.29 is 6.64 Å². The summed E-state index contributed by atoms with van der Waals surface area (Å²) in [7, 11) is 0. The topological polar surface area (TPSA) is 45.5 Å². The largest absolute Gasteiger partial charge is 0.411 e. The maximum atomic E-state index is 6.54. The van der Waals surface area contributed by atoms with Gasteiger partial charge in [-0.1, -0.05) is 43.6 Å². The molecule has 0 aliphatic heterocycles. The standard InChI is InChI=1S/C14H15ClN2O/c1-14(2,3)11-4-5-12-9(7-11)6-10(8-16-18)13(15)17-12/h4-8,18H,1-3H3/i/hD. The lowest BCUT2D eigenvalue weighted by Gasteiger charge is -2.19. The molecule has 4 heteroatoms. The smallest absolute Gasteiger partial charge is 0.330 e. The third kappa shape index (κ3) is 2.46. The van der Waals surface area contributed by atoms with E-state index in [0.29, 0.717) is 10.7 Å². The van der Waals surface area contributed by atoms with Crippen molar-refractivity contribution in [2.45, 2.75) is 26.2 Å². The molecular formula is C14H15ClN2O. The van der Waals surface area contributed by atoms with Crippen LogP contribution in [0.3, 0.4) is 0 Å². The van der Waals surface area contributed by atoms with Crippen LogP contribution in [-0.4, -0.2) is 16.4 Å². The molecule has 0 saturated carbocycles. The Bertz CT molecular complexity index is 635. The first-order valence-electron chi connectivity index (χ1n) is 6.09. The monoisotopic (exact) mass is 263 g/mol. The lowest BCUT2D eigenvalue weighted by Crippen LogP contribution is -2.10. The van der Waals surface area contributed by atoms with Gasteiger partial charge in [0.2, 0.25) is 0 Å². The number of aromatic nitrogens is 1. The van der Waals surface area contributed by atoms with Gasteiger partial charge in [0.05, 0.1) is 11.7 Å². The minimum absolute atomic E-state index is 0.0758. The molecule has 0 atom stereocenters. The molecule has 2 rings (SSSR count). The Hall–Kier alpha value is -1.61. The van der Waals surface area contributed by atoms with Gasteiger partial charge in [0.1, 0.15) is 5.15 Å². The molecule has 0 saturated heterocycles. The Morgan fingerprint density at radius 2 is 2.17 bits per heavy atom. The molecule has 0 spiro atoms. The molecule has 0 aliphatic rings. The fraction of sp³-hybridized carbons (Fsp3) is 0.286. The molecule has 1 heterocycles. The summed E-state index contributed by atoms with van der Waals surface area (Å²) in [6.07, 6.45) is 1.38. The van der Waals surface area contributed by atoms with E-state index in [2.05, 4.69) is 48.3 Å². The number of halogens is 1. The van der Waals surface area contributed by atoms with Gasteiger partial charge >= 0.3 is 1.43 Å². The molecule has 94 valence electrons. The fourth-order valence-corrected chi connectivity index (χ4v) is 1.98. The lowest BCUT2D eigenvalue weighted by atomic mass is 9.86. The highest BCUT2D eigenvalue weighted by molar-refractivity contribution is 6.32. The predicted molar refractivity (Wildman–Crippen MR) is 74.8 cm³/mol. The van der Waals surface area contributed by atoms with E-state index in [9.17, 15) is 0 Å². The Balaban J connectivity index is 2.58. The highest BCUT2D eigenvalue weighted by Crippen LogP contribution is 2.27. The minimum atomic E-state index is 0.0758. The lowest BCUT2D eigenvalue weighted by molar-refractivity contribution is 0.322. The summed E-state index contributed by atoms with van der Waals surface area (Å²) in [5, 5.41) is 8.66. The highest BCUT2D eigenvalue weighted by Gasteiger charge is 2.14. The summed E-state index contributed by atoms with van der Waals surface area (Å²) in [6, 6.07) is 8.01. The second kappa shape index (κ2) is 4.58. The van der Waals surface area contributed by atoms with Crippen LogP contribution in [0.15, 0.2) is 29.4 Å². The van der Waals surface area contributed by atoms with Crippen LogP contribution in [0.2, 0.25) is 6.58 Å². The zero-order valence-corrected chi connectivity index (χ0v) is 11.3. The van der Waals surface area contributed by atoms with Crippen LogP contribution < -0.4 is 0 Å². The van der Waals surface area contributed by atoms with Crippen LogP contribution >= 0.6 is 11.6 Å². The number of rotatable bonds is 2. The van der Waals surface area contributed by atoms with Gasteiger partial charge in [0, 0.05) is 10.9 Å². The highest BCUT2D eigenvalue weighted by atomic mass is 35.5. The van der Waals surface area contributed by atoms with E-state index >= 15 is 0 Å². The van der Waals surface area contributed by atoms with Crippen molar-refractivity contribution >= 4 is 28.7 Å². The number of benzene rings is 1. The van der Waals surface area contributed by atoms with Crippen LogP contribution in [-0.2, 0) is 5.41 Å². The Labute approximate surface area is 113 Å². The van der Waals surface area contributed by atoms with Crippen molar-refractivity contribution in [3.63, 3.8) is 0 Å². The van der Waals surface area contributed by atoms with Crippen molar-refractivity contribution in [1.82, 2.24) is 4.98 Å². The third-order valence-corrected chi connectivity index (χ3v) is 3.16. The Morgan fingerprint density at radius 1 is 1.39 bits per heavy atom. The van der Waals surface area contributed by atoms with Gasteiger partial charge < -0.3 is 5.21 Å². The van der Waals surface area contributed by atoms with E-state index in [4.69, 9.17) is 13.0 Å². The first-order valence-corrected chi connectivity index (χ1v) is 6.06. The maximum Gasteiger partial charge on any atom is 0.330 e. The summed E-state index contributed by atoms with van der Waals surface area (Å²) in [5.74, 6) is 0. The summed E-state index contributed by atoms with van der Waals surface area (Å²) in [4.78, 5) is 4.31. The van der Waals surface area contributed by atoms with E-state index in [-0.39, 0.29) is 5.41 Å². The van der Waals surface area contributed by atoms with Gasteiger partial charge in [-0.05, 0) is 29.2 Å². The van der Waals surface area contributed by atoms with Crippen LogP contribution in [0.5, 0.6) is 0 Å². The number of hydrogen-bond donors (Lipinski definition) is 1. The van der Waals surface area contributed by atoms with Gasteiger partial charge in [0.25, 0.3) is 0 Å². The van der Waals surface area contributed by atoms with Crippen molar-refractivity contribution in [1.29, 1.82) is 0 Å². The van der Waals surface area contributed by atoms with E-state index < -0.39 is 0 Å². The average Bonchev–Trinajstić information content (AvgIpc) is 2.34. The molecule has 3 nitrogen and oxygen atoms in total. The SMILES string of the molecule is [2H]ON=Cc1cc2cc(C(C)(C)C)ccc2nc1Cl. The quantitative estimate of drug-likeness (QED) is 0.385. The normalized spacial score (nSPS) is 13.0. The van der Waals surface area contributed by atoms with Gasteiger partial charge in [-0.2, -0.15) is 0 Å². The first kappa shape index (κ1) is 11.5. The number of hydrogen-bond acceptors (Lipinski definition) is 3. The predicted octanol–water partition coefficient (Wildman–Crippen LogP) is 3.99. The summed E-state index contributed by atoms with van der Waals surface area (Å²) in [6.45, 7) is 6.48. The fourth-order valence-electron chi connectivity index (χ4n) is 1.78. The van der Waals surface area contributed by atoms with Crippen molar-refractivity contribution in [3.8, 4) is 0 Å². The molecule has 0 radical (unpaired) electrons. The van der Waals surface area contributed by atoms with E-state index in [1.54, 1.807) is 0 Å². The maximum absolute atomic E-state index is 6.54. The molecule has 0 bridgehead atoms. The third-order valence-electron chi connectivity index (χ3n) is 2.85. The summed E-state index contributed by atoms with van der Waals surface area (Å²) < 4.78 is 6.54. The van der Waals surface area contributed by atoms with E-state index in [1.165, 1.54) is 11.8 Å². The molecular weight excluding hydrogens is 248 g/mol. The summed E-state index contributed by atoms with van der Waals surface area (Å²) in [5.41, 5.74) is 2.77. The van der Waals surface area contributed by atoms with Gasteiger partial charge in [-0.3, -0.25) is 0 Å². The Morgan fingerprint density at radius 3 is 2.83 bits per heavy atom. The molecule has 0 unspecified atom stereocenters. The molecule has 0 aliphatic carbocycles. The van der Waals surface area contributed by atoms with E-state index in [1.807, 2.05) is 12.1 Å². The molecule has 0 amide bonds. The molecule has 1 aromatic carbocycles. The van der Waals surface area contributed by atoms with Gasteiger partial charge in [0.15, 0.2) is 0 Å². The Kier molecular flexibility index (Phi) is 2.92. The first-order chi connectivity index (χ1) is 8.91. The molecule has 1 N–H and O–H groups in total. The minimum Gasteiger partial charge on any atom is -0.411 e. The van der Waals surface area contributed by atoms with Gasteiger partial charge in [-0.15, -0.1) is 0 Å².